The Morgan fingerprint density at radius 3 is 2.76 bits per heavy atom. The first-order valence-corrected chi connectivity index (χ1v) is 6.36. The van der Waals surface area contributed by atoms with Crippen molar-refractivity contribution in [2.45, 2.75) is 20.0 Å². The molecule has 21 heavy (non-hydrogen) atoms. The maximum absolute atomic E-state index is 14.1. The topological polar surface area (TPSA) is 74.7 Å². The average molecular weight is 292 g/mol. The fourth-order valence-corrected chi connectivity index (χ4v) is 1.73. The Bertz CT molecular complexity index is 654. The van der Waals surface area contributed by atoms with Crippen LogP contribution in [0.1, 0.15) is 13.8 Å². The highest BCUT2D eigenvalue weighted by Gasteiger charge is 2.12. The van der Waals surface area contributed by atoms with Crippen molar-refractivity contribution in [1.29, 1.82) is 0 Å². The lowest BCUT2D eigenvalue weighted by Crippen LogP contribution is -2.21. The number of nitrogens with zero attached hydrogens (tertiary/aromatic N) is 3. The number of nitrogen functional groups attached to an aromatic ring is 1. The number of halogens is 1. The van der Waals surface area contributed by atoms with Crippen molar-refractivity contribution in [3.8, 4) is 11.4 Å². The van der Waals surface area contributed by atoms with Gasteiger partial charge in [0.05, 0.1) is 5.71 Å². The van der Waals surface area contributed by atoms with Crippen LogP contribution in [0.3, 0.4) is 0 Å². The van der Waals surface area contributed by atoms with Gasteiger partial charge >= 0.3 is 0 Å². The van der Waals surface area contributed by atoms with Crippen molar-refractivity contribution in [2.75, 3.05) is 12.8 Å². The fourth-order valence-electron chi connectivity index (χ4n) is 1.73. The highest BCUT2D eigenvalue weighted by Crippen LogP contribution is 2.21. The highest BCUT2D eigenvalue weighted by molar-refractivity contribution is 5.85. The zero-order valence-corrected chi connectivity index (χ0v) is 12.1. The molecule has 1 aromatic carbocycles. The van der Waals surface area contributed by atoms with Gasteiger partial charge in [0.2, 0.25) is 0 Å². The highest BCUT2D eigenvalue weighted by atomic mass is 19.1. The number of benzene rings is 1. The van der Waals surface area contributed by atoms with Crippen LogP contribution in [0.4, 0.5) is 10.2 Å². The van der Waals surface area contributed by atoms with Gasteiger partial charge in [0.25, 0.3) is 0 Å². The molecule has 0 aliphatic rings. The molecule has 6 nitrogen and oxygen atoms in total. The van der Waals surface area contributed by atoms with Crippen LogP contribution in [-0.2, 0) is 4.84 Å². The first-order valence-electron chi connectivity index (χ1n) is 6.36. The van der Waals surface area contributed by atoms with E-state index in [1.807, 2.05) is 0 Å². The van der Waals surface area contributed by atoms with Crippen molar-refractivity contribution in [3.63, 3.8) is 0 Å². The molecule has 2 aromatic rings. The number of aromatic nitrogens is 2. The van der Waals surface area contributed by atoms with E-state index >= 15 is 0 Å². The van der Waals surface area contributed by atoms with Crippen molar-refractivity contribution in [2.24, 2.45) is 5.16 Å². The standard InChI is InChI=1S/C14H17FN4O2/c1-9(18-20-3)10(2)21-11-4-5-13(12(15)8-11)19-7-6-14(16)17-19/h4-8,10H,1-3H3,(H2,16,17)/b18-9-. The van der Waals surface area contributed by atoms with E-state index in [2.05, 4.69) is 15.1 Å². The number of nitrogens with two attached hydrogens (primary N) is 1. The van der Waals surface area contributed by atoms with E-state index in [-0.39, 0.29) is 6.10 Å². The molecular weight excluding hydrogens is 275 g/mol. The first kappa shape index (κ1) is 14.8. The maximum Gasteiger partial charge on any atom is 0.152 e. The second-order valence-corrected chi connectivity index (χ2v) is 4.47. The molecule has 0 aliphatic heterocycles. The second kappa shape index (κ2) is 6.25. The van der Waals surface area contributed by atoms with Crippen molar-refractivity contribution < 1.29 is 14.0 Å². The lowest BCUT2D eigenvalue weighted by molar-refractivity contribution is 0.203. The van der Waals surface area contributed by atoms with Gasteiger partial charge in [-0.05, 0) is 26.0 Å². The quantitative estimate of drug-likeness (QED) is 0.678. The molecule has 1 aromatic heterocycles. The number of rotatable bonds is 5. The molecule has 7 heteroatoms. The predicted molar refractivity (Wildman–Crippen MR) is 78.1 cm³/mol. The smallest absolute Gasteiger partial charge is 0.152 e. The molecule has 0 amide bonds. The van der Waals surface area contributed by atoms with Crippen LogP contribution in [0.25, 0.3) is 5.69 Å². The van der Waals surface area contributed by atoms with E-state index in [1.165, 1.54) is 17.9 Å². The number of hydrogen-bond acceptors (Lipinski definition) is 5. The van der Waals surface area contributed by atoms with Crippen LogP contribution in [0.15, 0.2) is 35.6 Å². The van der Waals surface area contributed by atoms with Gasteiger partial charge in [0, 0.05) is 18.3 Å². The number of ether oxygens (including phenoxy) is 1. The Labute approximate surface area is 122 Å². The van der Waals surface area contributed by atoms with Gasteiger partial charge in [0.15, 0.2) is 5.82 Å². The van der Waals surface area contributed by atoms with Crippen LogP contribution in [0.2, 0.25) is 0 Å². The lowest BCUT2D eigenvalue weighted by atomic mass is 10.2. The normalized spacial score (nSPS) is 13.0. The fraction of sp³-hybridized carbons (Fsp3) is 0.286. The molecule has 0 aliphatic carbocycles. The Hall–Kier alpha value is -2.57. The summed E-state index contributed by atoms with van der Waals surface area (Å²) in [6.45, 7) is 3.57. The summed E-state index contributed by atoms with van der Waals surface area (Å²) in [6, 6.07) is 6.12. The molecule has 2 rings (SSSR count). The van der Waals surface area contributed by atoms with E-state index < -0.39 is 5.82 Å². The Kier molecular flexibility index (Phi) is 4.42. The molecule has 1 heterocycles. The summed E-state index contributed by atoms with van der Waals surface area (Å²) in [5.41, 5.74) is 6.47. The van der Waals surface area contributed by atoms with E-state index in [0.717, 1.165) is 0 Å². The zero-order valence-electron chi connectivity index (χ0n) is 12.1. The molecule has 0 radical (unpaired) electrons. The molecular formula is C14H17FN4O2. The summed E-state index contributed by atoms with van der Waals surface area (Å²) >= 11 is 0. The van der Waals surface area contributed by atoms with Gasteiger partial charge < -0.3 is 15.3 Å². The van der Waals surface area contributed by atoms with Gasteiger partial charge in [-0.1, -0.05) is 5.16 Å². The molecule has 0 saturated heterocycles. The summed E-state index contributed by atoms with van der Waals surface area (Å²) in [4.78, 5) is 4.68. The monoisotopic (exact) mass is 292 g/mol. The van der Waals surface area contributed by atoms with E-state index in [1.54, 1.807) is 38.2 Å². The second-order valence-electron chi connectivity index (χ2n) is 4.47. The van der Waals surface area contributed by atoms with Gasteiger partial charge in [-0.3, -0.25) is 0 Å². The molecule has 0 fully saturated rings. The Morgan fingerprint density at radius 2 is 2.19 bits per heavy atom. The van der Waals surface area contributed by atoms with Crippen LogP contribution < -0.4 is 10.5 Å². The Balaban J connectivity index is 2.18. The number of anilines is 1. The summed E-state index contributed by atoms with van der Waals surface area (Å²) in [5.74, 6) is 0.272. The van der Waals surface area contributed by atoms with Gasteiger partial charge in [-0.15, -0.1) is 0 Å². The third-order valence-corrected chi connectivity index (χ3v) is 2.91. The van der Waals surface area contributed by atoms with Crippen molar-refractivity contribution in [1.82, 2.24) is 9.78 Å². The van der Waals surface area contributed by atoms with Crippen molar-refractivity contribution in [3.05, 3.63) is 36.3 Å². The van der Waals surface area contributed by atoms with Crippen LogP contribution in [-0.4, -0.2) is 28.7 Å². The molecule has 0 saturated carbocycles. The largest absolute Gasteiger partial charge is 0.485 e. The minimum Gasteiger partial charge on any atom is -0.485 e. The summed E-state index contributed by atoms with van der Waals surface area (Å²) in [7, 11) is 1.46. The molecule has 112 valence electrons. The van der Waals surface area contributed by atoms with Crippen LogP contribution in [0, 0.1) is 5.82 Å². The zero-order chi connectivity index (χ0) is 15.4. The van der Waals surface area contributed by atoms with Gasteiger partial charge in [-0.25, -0.2) is 9.07 Å². The summed E-state index contributed by atoms with van der Waals surface area (Å²) in [6.07, 6.45) is 1.27. The molecule has 0 spiro atoms. The lowest BCUT2D eigenvalue weighted by Gasteiger charge is -2.14. The SMILES string of the molecule is CO/N=C(/C)C(C)Oc1ccc(-n2ccc(N)n2)c(F)c1. The molecule has 1 unspecified atom stereocenters. The van der Waals surface area contributed by atoms with E-state index in [9.17, 15) is 4.39 Å². The van der Waals surface area contributed by atoms with Gasteiger partial charge in [0.1, 0.15) is 30.5 Å². The number of oxime groups is 1. The maximum atomic E-state index is 14.1. The summed E-state index contributed by atoms with van der Waals surface area (Å²) in [5, 5.41) is 7.74. The average Bonchev–Trinajstić information content (AvgIpc) is 2.85. The van der Waals surface area contributed by atoms with Crippen molar-refractivity contribution >= 4 is 11.5 Å². The van der Waals surface area contributed by atoms with Crippen LogP contribution in [0.5, 0.6) is 5.75 Å². The molecule has 0 bridgehead atoms. The van der Waals surface area contributed by atoms with E-state index in [4.69, 9.17) is 10.5 Å². The predicted octanol–water partition coefficient (Wildman–Crippen LogP) is 2.38. The van der Waals surface area contributed by atoms with Crippen LogP contribution >= 0.6 is 0 Å². The van der Waals surface area contributed by atoms with E-state index in [0.29, 0.717) is 23.0 Å². The summed E-state index contributed by atoms with van der Waals surface area (Å²) < 4.78 is 21.1. The molecule has 2 N–H and O–H groups in total. The minimum absolute atomic E-state index is 0.300. The first-order chi connectivity index (χ1) is 10.0. The third-order valence-electron chi connectivity index (χ3n) is 2.91. The van der Waals surface area contributed by atoms with Gasteiger partial charge in [-0.2, -0.15) is 5.10 Å². The molecule has 1 atom stereocenters. The Morgan fingerprint density at radius 1 is 1.43 bits per heavy atom. The third kappa shape index (κ3) is 3.50. The minimum atomic E-state index is -0.455. The number of hydrogen-bond donors (Lipinski definition) is 1.